The number of hydrogen-bond donors (Lipinski definition) is 0. The van der Waals surface area contributed by atoms with E-state index in [1.807, 2.05) is 0 Å². The van der Waals surface area contributed by atoms with Crippen molar-refractivity contribution in [3.63, 3.8) is 0 Å². The second-order valence-corrected chi connectivity index (χ2v) is 5.07. The van der Waals surface area contributed by atoms with Gasteiger partial charge in [-0.3, -0.25) is 4.98 Å². The summed E-state index contributed by atoms with van der Waals surface area (Å²) in [4.78, 5) is 3.93. The SMILES string of the molecule is CC(C)CC(Cl)Cc1ncc(Cl)cc1F. The van der Waals surface area contributed by atoms with Crippen LogP contribution in [0, 0.1) is 11.7 Å². The summed E-state index contributed by atoms with van der Waals surface area (Å²) in [6.07, 6.45) is 2.74. The second kappa shape index (κ2) is 5.66. The lowest BCUT2D eigenvalue weighted by Crippen LogP contribution is -2.09. The Hall–Kier alpha value is -0.340. The number of hydrogen-bond acceptors (Lipinski definition) is 1. The van der Waals surface area contributed by atoms with Gasteiger partial charge in [-0.2, -0.15) is 0 Å². The fraction of sp³-hybridized carbons (Fsp3) is 0.545. The Morgan fingerprint density at radius 2 is 2.13 bits per heavy atom. The van der Waals surface area contributed by atoms with Crippen molar-refractivity contribution in [2.75, 3.05) is 0 Å². The van der Waals surface area contributed by atoms with Crippen molar-refractivity contribution in [1.82, 2.24) is 4.98 Å². The minimum absolute atomic E-state index is 0.0758. The zero-order chi connectivity index (χ0) is 11.4. The van der Waals surface area contributed by atoms with Crippen LogP contribution in [0.15, 0.2) is 12.3 Å². The molecule has 0 saturated heterocycles. The third-order valence-electron chi connectivity index (χ3n) is 2.03. The zero-order valence-corrected chi connectivity index (χ0v) is 10.3. The molecule has 0 bridgehead atoms. The molecule has 1 nitrogen and oxygen atoms in total. The Kier molecular flexibility index (Phi) is 4.81. The van der Waals surface area contributed by atoms with E-state index < -0.39 is 0 Å². The van der Waals surface area contributed by atoms with Crippen LogP contribution in [0.5, 0.6) is 0 Å². The molecular formula is C11H14Cl2FN. The molecule has 0 aliphatic rings. The molecule has 1 unspecified atom stereocenters. The molecule has 4 heteroatoms. The van der Waals surface area contributed by atoms with Gasteiger partial charge >= 0.3 is 0 Å². The number of rotatable bonds is 4. The Bertz CT molecular complexity index is 328. The number of pyridine rings is 1. The third-order valence-corrected chi connectivity index (χ3v) is 2.57. The summed E-state index contributed by atoms with van der Waals surface area (Å²) < 4.78 is 13.3. The molecular weight excluding hydrogens is 236 g/mol. The van der Waals surface area contributed by atoms with E-state index in [4.69, 9.17) is 23.2 Å². The monoisotopic (exact) mass is 249 g/mol. The largest absolute Gasteiger partial charge is 0.257 e. The normalized spacial score (nSPS) is 13.2. The highest BCUT2D eigenvalue weighted by Crippen LogP contribution is 2.18. The highest BCUT2D eigenvalue weighted by atomic mass is 35.5. The van der Waals surface area contributed by atoms with Gasteiger partial charge in [-0.25, -0.2) is 4.39 Å². The number of nitrogens with zero attached hydrogens (tertiary/aromatic N) is 1. The number of alkyl halides is 1. The lowest BCUT2D eigenvalue weighted by atomic mass is 10.0. The van der Waals surface area contributed by atoms with Crippen molar-refractivity contribution in [1.29, 1.82) is 0 Å². The summed E-state index contributed by atoms with van der Waals surface area (Å²) in [6, 6.07) is 1.27. The summed E-state index contributed by atoms with van der Waals surface area (Å²) in [6.45, 7) is 4.17. The van der Waals surface area contributed by atoms with Gasteiger partial charge in [-0.05, 0) is 18.4 Å². The van der Waals surface area contributed by atoms with Gasteiger partial charge < -0.3 is 0 Å². The predicted molar refractivity (Wildman–Crippen MR) is 62.0 cm³/mol. The van der Waals surface area contributed by atoms with E-state index >= 15 is 0 Å². The molecule has 0 aliphatic carbocycles. The van der Waals surface area contributed by atoms with Crippen LogP contribution in [0.25, 0.3) is 0 Å². The molecule has 0 radical (unpaired) electrons. The van der Waals surface area contributed by atoms with Gasteiger partial charge in [0.25, 0.3) is 0 Å². The van der Waals surface area contributed by atoms with Gasteiger partial charge in [-0.15, -0.1) is 11.6 Å². The summed E-state index contributed by atoms with van der Waals surface area (Å²) in [5.41, 5.74) is 0.389. The van der Waals surface area contributed by atoms with E-state index in [2.05, 4.69) is 18.8 Å². The summed E-state index contributed by atoms with van der Waals surface area (Å²) >= 11 is 11.7. The Labute approximate surface area is 99.6 Å². The molecule has 0 aliphatic heterocycles. The van der Waals surface area contributed by atoms with Gasteiger partial charge in [0.15, 0.2) is 0 Å². The van der Waals surface area contributed by atoms with Crippen LogP contribution in [-0.4, -0.2) is 10.4 Å². The van der Waals surface area contributed by atoms with Crippen LogP contribution in [0.1, 0.15) is 26.0 Å². The Balaban J connectivity index is 2.64. The number of halogens is 3. The van der Waals surface area contributed by atoms with Gasteiger partial charge in [0.1, 0.15) is 5.82 Å². The van der Waals surface area contributed by atoms with E-state index in [-0.39, 0.29) is 11.2 Å². The van der Waals surface area contributed by atoms with Crippen LogP contribution in [0.3, 0.4) is 0 Å². The van der Waals surface area contributed by atoms with Crippen molar-refractivity contribution in [2.45, 2.75) is 32.1 Å². The van der Waals surface area contributed by atoms with Crippen molar-refractivity contribution < 1.29 is 4.39 Å². The topological polar surface area (TPSA) is 12.9 Å². The Morgan fingerprint density at radius 3 is 2.67 bits per heavy atom. The quantitative estimate of drug-likeness (QED) is 0.734. The molecule has 0 saturated carbocycles. The first kappa shape index (κ1) is 12.7. The average Bonchev–Trinajstić information content (AvgIpc) is 2.08. The van der Waals surface area contributed by atoms with Gasteiger partial charge in [0, 0.05) is 18.0 Å². The maximum Gasteiger partial charge on any atom is 0.146 e. The van der Waals surface area contributed by atoms with Crippen LogP contribution >= 0.6 is 23.2 Å². The molecule has 1 aromatic rings. The third kappa shape index (κ3) is 4.35. The summed E-state index contributed by atoms with van der Waals surface area (Å²) in [5.74, 6) is 0.125. The molecule has 0 aromatic carbocycles. The molecule has 0 N–H and O–H groups in total. The molecule has 1 aromatic heterocycles. The minimum atomic E-state index is -0.378. The fourth-order valence-corrected chi connectivity index (χ4v) is 2.04. The van der Waals surface area contributed by atoms with Crippen LogP contribution < -0.4 is 0 Å². The van der Waals surface area contributed by atoms with Crippen molar-refractivity contribution in [3.05, 3.63) is 28.8 Å². The minimum Gasteiger partial charge on any atom is -0.257 e. The predicted octanol–water partition coefficient (Wildman–Crippen LogP) is 4.07. The molecule has 1 heterocycles. The maximum atomic E-state index is 13.3. The van der Waals surface area contributed by atoms with Crippen molar-refractivity contribution >= 4 is 23.2 Å². The van der Waals surface area contributed by atoms with Gasteiger partial charge in [0.05, 0.1) is 10.7 Å². The number of aromatic nitrogens is 1. The highest BCUT2D eigenvalue weighted by molar-refractivity contribution is 6.30. The molecule has 1 atom stereocenters. The first-order valence-corrected chi connectivity index (χ1v) is 5.74. The first-order chi connectivity index (χ1) is 6.99. The van der Waals surface area contributed by atoms with Crippen molar-refractivity contribution in [3.8, 4) is 0 Å². The second-order valence-electron chi connectivity index (χ2n) is 4.01. The van der Waals surface area contributed by atoms with Crippen LogP contribution in [0.2, 0.25) is 5.02 Å². The lowest BCUT2D eigenvalue weighted by molar-refractivity contribution is 0.541. The smallest absolute Gasteiger partial charge is 0.146 e. The average molecular weight is 250 g/mol. The zero-order valence-electron chi connectivity index (χ0n) is 8.80. The molecule has 15 heavy (non-hydrogen) atoms. The summed E-state index contributed by atoms with van der Waals surface area (Å²) in [5, 5.41) is 0.236. The van der Waals surface area contributed by atoms with Gasteiger partial charge in [-0.1, -0.05) is 25.4 Å². The van der Waals surface area contributed by atoms with E-state index in [1.54, 1.807) is 0 Å². The lowest BCUT2D eigenvalue weighted by Gasteiger charge is -2.11. The molecule has 84 valence electrons. The van der Waals surface area contributed by atoms with Gasteiger partial charge in [0.2, 0.25) is 0 Å². The van der Waals surface area contributed by atoms with Crippen LogP contribution in [0.4, 0.5) is 4.39 Å². The van der Waals surface area contributed by atoms with E-state index in [0.717, 1.165) is 6.42 Å². The molecule has 0 fully saturated rings. The molecule has 0 spiro atoms. The standard InChI is InChI=1S/C11H14Cl2FN/c1-7(2)3-8(12)5-11-10(14)4-9(13)6-15-11/h4,6-8H,3,5H2,1-2H3. The molecule has 1 rings (SSSR count). The van der Waals surface area contributed by atoms with Crippen LogP contribution in [-0.2, 0) is 6.42 Å². The maximum absolute atomic E-state index is 13.3. The Morgan fingerprint density at radius 1 is 1.47 bits per heavy atom. The summed E-state index contributed by atoms with van der Waals surface area (Å²) in [7, 11) is 0. The fourth-order valence-electron chi connectivity index (χ4n) is 1.40. The highest BCUT2D eigenvalue weighted by Gasteiger charge is 2.12. The van der Waals surface area contributed by atoms with E-state index in [9.17, 15) is 4.39 Å². The first-order valence-electron chi connectivity index (χ1n) is 4.93. The van der Waals surface area contributed by atoms with E-state index in [1.165, 1.54) is 12.3 Å². The van der Waals surface area contributed by atoms with E-state index in [0.29, 0.717) is 23.1 Å². The van der Waals surface area contributed by atoms with Crippen molar-refractivity contribution in [2.24, 2.45) is 5.92 Å². The molecule has 0 amide bonds.